The van der Waals surface area contributed by atoms with Gasteiger partial charge in [-0.3, -0.25) is 18.4 Å². The summed E-state index contributed by atoms with van der Waals surface area (Å²) in [5.41, 5.74) is 1.98. The van der Waals surface area contributed by atoms with Gasteiger partial charge in [-0.2, -0.15) is 5.26 Å². The molecule has 3 rings (SSSR count). The molecule has 8 heteroatoms. The molecule has 1 saturated heterocycles. The number of carbonyl (C=O) groups is 1. The molecule has 0 spiro atoms. The van der Waals surface area contributed by atoms with E-state index in [1.807, 2.05) is 6.07 Å². The summed E-state index contributed by atoms with van der Waals surface area (Å²) in [6, 6.07) is 13.8. The van der Waals surface area contributed by atoms with Crippen LogP contribution in [-0.2, 0) is 19.8 Å². The number of carbonyl (C=O) groups excluding carboxylic acids is 1. The minimum atomic E-state index is -3.09. The van der Waals surface area contributed by atoms with Crippen LogP contribution in [-0.4, -0.2) is 11.7 Å². The number of nitrogens with one attached hydrogen (secondary N) is 1. The molecule has 0 aliphatic carbocycles. The van der Waals surface area contributed by atoms with Crippen LogP contribution in [0.1, 0.15) is 35.3 Å². The summed E-state index contributed by atoms with van der Waals surface area (Å²) >= 11 is 3.29. The van der Waals surface area contributed by atoms with E-state index < -0.39 is 13.4 Å². The van der Waals surface area contributed by atoms with E-state index in [9.17, 15) is 9.36 Å². The average Bonchev–Trinajstić information content (AvgIpc) is 2.54. The largest absolute Gasteiger partial charge is 0.340 e. The van der Waals surface area contributed by atoms with Gasteiger partial charge in [0, 0.05) is 10.0 Å². The van der Waals surface area contributed by atoms with Crippen molar-refractivity contribution in [2.45, 2.75) is 25.8 Å². The summed E-state index contributed by atoms with van der Waals surface area (Å²) in [6.45, 7) is 3.41. The molecule has 1 heterocycles. The highest BCUT2D eigenvalue weighted by atomic mass is 79.9. The summed E-state index contributed by atoms with van der Waals surface area (Å²) < 4.78 is 23.7. The molecule has 134 valence electrons. The van der Waals surface area contributed by atoms with Gasteiger partial charge in [0.1, 0.15) is 6.07 Å². The smallest absolute Gasteiger partial charge is 0.321 e. The predicted octanol–water partition coefficient (Wildman–Crippen LogP) is 5.05. The second-order valence-electron chi connectivity index (χ2n) is 6.30. The first-order valence-electron chi connectivity index (χ1n) is 7.80. The van der Waals surface area contributed by atoms with E-state index in [1.54, 1.807) is 56.3 Å². The van der Waals surface area contributed by atoms with Crippen molar-refractivity contribution in [3.05, 3.63) is 63.6 Å². The molecule has 0 radical (unpaired) electrons. The number of hydrogen-bond acceptors (Lipinski definition) is 5. The summed E-state index contributed by atoms with van der Waals surface area (Å²) in [7, 11) is -3.09. The van der Waals surface area contributed by atoms with Crippen LogP contribution in [0.4, 0.5) is 5.69 Å². The van der Waals surface area contributed by atoms with Crippen LogP contribution >= 0.6 is 23.5 Å². The number of nitriles is 1. The Morgan fingerprint density at radius 1 is 1.23 bits per heavy atom. The summed E-state index contributed by atoms with van der Waals surface area (Å²) in [5, 5.41) is 11.9. The average molecular weight is 435 g/mol. The Kier molecular flexibility index (Phi) is 5.05. The molecule has 0 atom stereocenters. The van der Waals surface area contributed by atoms with Gasteiger partial charge in [0.15, 0.2) is 5.79 Å². The molecule has 1 aliphatic rings. The lowest BCUT2D eigenvalue weighted by Gasteiger charge is -2.41. The molecule has 26 heavy (non-hydrogen) atoms. The molecule has 0 unspecified atom stereocenters. The van der Waals surface area contributed by atoms with E-state index in [1.165, 1.54) is 0 Å². The Morgan fingerprint density at radius 3 is 2.46 bits per heavy atom. The van der Waals surface area contributed by atoms with Crippen molar-refractivity contribution in [3.63, 3.8) is 0 Å². The van der Waals surface area contributed by atoms with Crippen LogP contribution in [0.5, 0.6) is 0 Å². The lowest BCUT2D eigenvalue weighted by atomic mass is 10.1. The lowest BCUT2D eigenvalue weighted by molar-refractivity contribution is -0.170. The SMILES string of the molecule is CC1(C)OP(=O)(Cc2ccc(C(=O)Nc3ccc(Br)cc3C#N)cc2)O1. The van der Waals surface area contributed by atoms with Gasteiger partial charge >= 0.3 is 7.60 Å². The zero-order valence-electron chi connectivity index (χ0n) is 14.2. The first kappa shape index (κ1) is 18.8. The molecule has 2 aromatic carbocycles. The normalized spacial score (nSPS) is 17.0. The zero-order valence-corrected chi connectivity index (χ0v) is 16.6. The van der Waals surface area contributed by atoms with Crippen LogP contribution in [0.15, 0.2) is 46.9 Å². The molecule has 1 amide bonds. The van der Waals surface area contributed by atoms with Gasteiger partial charge in [0.25, 0.3) is 5.91 Å². The fraction of sp³-hybridized carbons (Fsp3) is 0.222. The highest BCUT2D eigenvalue weighted by Crippen LogP contribution is 2.65. The maximum atomic E-state index is 12.4. The lowest BCUT2D eigenvalue weighted by Crippen LogP contribution is -2.36. The van der Waals surface area contributed by atoms with E-state index in [4.69, 9.17) is 14.3 Å². The Labute approximate surface area is 159 Å². The first-order valence-corrected chi connectivity index (χ1v) is 10.3. The maximum absolute atomic E-state index is 12.4. The predicted molar refractivity (Wildman–Crippen MR) is 101 cm³/mol. The molecule has 6 nitrogen and oxygen atoms in total. The third-order valence-electron chi connectivity index (χ3n) is 3.66. The molecule has 1 fully saturated rings. The van der Waals surface area contributed by atoms with E-state index in [0.717, 1.165) is 10.0 Å². The molecule has 0 bridgehead atoms. The van der Waals surface area contributed by atoms with Gasteiger partial charge in [0.2, 0.25) is 0 Å². The van der Waals surface area contributed by atoms with Crippen LogP contribution < -0.4 is 5.32 Å². The Hall–Kier alpha value is -1.97. The molecule has 0 aromatic heterocycles. The van der Waals surface area contributed by atoms with Gasteiger partial charge < -0.3 is 5.32 Å². The highest BCUT2D eigenvalue weighted by Gasteiger charge is 2.48. The molecule has 0 saturated carbocycles. The second-order valence-corrected chi connectivity index (χ2v) is 9.12. The zero-order chi connectivity index (χ0) is 18.9. The van der Waals surface area contributed by atoms with Gasteiger partial charge in [0.05, 0.1) is 17.4 Å². The minimum Gasteiger partial charge on any atom is -0.321 e. The van der Waals surface area contributed by atoms with Crippen molar-refractivity contribution in [2.75, 3.05) is 5.32 Å². The minimum absolute atomic E-state index is 0.156. The Bertz CT molecular complexity index is 939. The van der Waals surface area contributed by atoms with Crippen molar-refractivity contribution in [1.82, 2.24) is 0 Å². The van der Waals surface area contributed by atoms with Crippen LogP contribution in [0.3, 0.4) is 0 Å². The van der Waals surface area contributed by atoms with Crippen molar-refractivity contribution in [3.8, 4) is 6.07 Å². The molecule has 1 N–H and O–H groups in total. The van der Waals surface area contributed by atoms with Crippen LogP contribution in [0, 0.1) is 11.3 Å². The van der Waals surface area contributed by atoms with Crippen molar-refractivity contribution in [2.24, 2.45) is 0 Å². The molecule has 2 aromatic rings. The van der Waals surface area contributed by atoms with Crippen molar-refractivity contribution in [1.29, 1.82) is 5.26 Å². The number of hydrogen-bond donors (Lipinski definition) is 1. The van der Waals surface area contributed by atoms with Crippen LogP contribution in [0.2, 0.25) is 0 Å². The quantitative estimate of drug-likeness (QED) is 0.680. The first-order chi connectivity index (χ1) is 12.2. The highest BCUT2D eigenvalue weighted by molar-refractivity contribution is 9.10. The Morgan fingerprint density at radius 2 is 1.88 bits per heavy atom. The van der Waals surface area contributed by atoms with Gasteiger partial charge in [-0.25, -0.2) is 0 Å². The standard InChI is InChI=1S/C18H16BrN2O4P/c1-18(2)24-26(23,25-18)11-12-3-5-13(6-4-12)17(22)21-16-8-7-15(19)9-14(16)10-20/h3-9H,11H2,1-2H3,(H,21,22). The Balaban J connectivity index is 1.68. The molecular formula is C18H16BrN2O4P. The fourth-order valence-electron chi connectivity index (χ4n) is 2.64. The number of halogens is 1. The second kappa shape index (κ2) is 6.98. The third kappa shape index (κ3) is 4.22. The van der Waals surface area contributed by atoms with Gasteiger partial charge in [-0.1, -0.05) is 28.1 Å². The van der Waals surface area contributed by atoms with Crippen molar-refractivity contribution < 1.29 is 18.4 Å². The molecule has 1 aliphatic heterocycles. The fourth-order valence-corrected chi connectivity index (χ4v) is 5.14. The number of nitrogens with zero attached hydrogens (tertiary/aromatic N) is 1. The maximum Gasteiger partial charge on any atom is 0.340 e. The summed E-state index contributed by atoms with van der Waals surface area (Å²) in [5.74, 6) is -1.14. The summed E-state index contributed by atoms with van der Waals surface area (Å²) in [4.78, 5) is 12.4. The number of anilines is 1. The van der Waals surface area contributed by atoms with Crippen molar-refractivity contribution >= 4 is 35.1 Å². The monoisotopic (exact) mass is 434 g/mol. The molecular weight excluding hydrogens is 419 g/mol. The van der Waals surface area contributed by atoms with E-state index >= 15 is 0 Å². The van der Waals surface area contributed by atoms with Crippen LogP contribution in [0.25, 0.3) is 0 Å². The number of rotatable bonds is 4. The third-order valence-corrected chi connectivity index (χ3v) is 6.34. The number of benzene rings is 2. The summed E-state index contributed by atoms with van der Waals surface area (Å²) in [6.07, 6.45) is 0.156. The van der Waals surface area contributed by atoms with E-state index in [2.05, 4.69) is 21.2 Å². The van der Waals surface area contributed by atoms with E-state index in [0.29, 0.717) is 16.8 Å². The number of amides is 1. The van der Waals surface area contributed by atoms with Gasteiger partial charge in [-0.15, -0.1) is 0 Å². The topological polar surface area (TPSA) is 88.4 Å². The van der Waals surface area contributed by atoms with E-state index in [-0.39, 0.29) is 12.1 Å². The van der Waals surface area contributed by atoms with Gasteiger partial charge in [-0.05, 0) is 49.7 Å².